The van der Waals surface area contributed by atoms with Gasteiger partial charge in [-0.25, -0.2) is 9.37 Å². The van der Waals surface area contributed by atoms with Gasteiger partial charge in [0.1, 0.15) is 5.82 Å². The first-order valence-corrected chi connectivity index (χ1v) is 6.61. The molecule has 1 aromatic carbocycles. The summed E-state index contributed by atoms with van der Waals surface area (Å²) in [7, 11) is 0. The Kier molecular flexibility index (Phi) is 4.49. The molecular formula is C13H15BrFN3. The van der Waals surface area contributed by atoms with Crippen LogP contribution in [0.15, 0.2) is 35.2 Å². The van der Waals surface area contributed by atoms with Crippen LogP contribution in [0, 0.1) is 5.82 Å². The van der Waals surface area contributed by atoms with Crippen LogP contribution in [0.3, 0.4) is 0 Å². The van der Waals surface area contributed by atoms with Gasteiger partial charge in [0.25, 0.3) is 0 Å². The van der Waals surface area contributed by atoms with E-state index in [0.29, 0.717) is 0 Å². The molecule has 0 fully saturated rings. The third-order valence-electron chi connectivity index (χ3n) is 2.83. The first-order valence-electron chi connectivity index (χ1n) is 5.82. The highest BCUT2D eigenvalue weighted by Gasteiger charge is 2.09. The quantitative estimate of drug-likeness (QED) is 0.890. The molecule has 0 saturated heterocycles. The molecule has 0 aliphatic carbocycles. The van der Waals surface area contributed by atoms with Crippen molar-refractivity contribution < 1.29 is 4.39 Å². The zero-order valence-corrected chi connectivity index (χ0v) is 11.7. The summed E-state index contributed by atoms with van der Waals surface area (Å²) in [6, 6.07) is 4.94. The van der Waals surface area contributed by atoms with Crippen molar-refractivity contribution in [3.63, 3.8) is 0 Å². The number of aromatic nitrogens is 2. The maximum Gasteiger partial charge on any atom is 0.124 e. The van der Waals surface area contributed by atoms with Crippen LogP contribution in [-0.4, -0.2) is 16.5 Å². The molecule has 1 aromatic heterocycles. The van der Waals surface area contributed by atoms with Gasteiger partial charge in [0.15, 0.2) is 0 Å². The monoisotopic (exact) mass is 311 g/mol. The van der Waals surface area contributed by atoms with E-state index < -0.39 is 0 Å². The number of H-pyrrole nitrogens is 1. The lowest BCUT2D eigenvalue weighted by molar-refractivity contribution is 0.569. The molecule has 2 N–H and O–H groups in total. The number of aromatic amines is 1. The standard InChI is InChI=1S/C13H15BrFN3/c1-9(12-3-2-10(15)6-13(12)14)17-5-4-11-7-16-8-18-11/h2-3,6-9,17H,4-5H2,1H3,(H,16,18). The van der Waals surface area contributed by atoms with Gasteiger partial charge in [-0.2, -0.15) is 0 Å². The van der Waals surface area contributed by atoms with Crippen LogP contribution in [0.2, 0.25) is 0 Å². The van der Waals surface area contributed by atoms with Crippen molar-refractivity contribution in [1.82, 2.24) is 15.3 Å². The van der Waals surface area contributed by atoms with E-state index in [1.165, 1.54) is 12.1 Å². The van der Waals surface area contributed by atoms with Crippen LogP contribution in [0.5, 0.6) is 0 Å². The van der Waals surface area contributed by atoms with E-state index in [1.807, 2.05) is 6.20 Å². The summed E-state index contributed by atoms with van der Waals surface area (Å²) >= 11 is 3.38. The van der Waals surface area contributed by atoms with Crippen LogP contribution >= 0.6 is 15.9 Å². The number of imidazole rings is 1. The van der Waals surface area contributed by atoms with Crippen LogP contribution in [0.1, 0.15) is 24.2 Å². The van der Waals surface area contributed by atoms with Gasteiger partial charge in [-0.1, -0.05) is 22.0 Å². The third kappa shape index (κ3) is 3.40. The Bertz CT molecular complexity index is 499. The Hall–Kier alpha value is -1.20. The van der Waals surface area contributed by atoms with E-state index in [2.05, 4.69) is 38.1 Å². The van der Waals surface area contributed by atoms with Crippen molar-refractivity contribution in [3.8, 4) is 0 Å². The Labute approximate surface area is 114 Å². The summed E-state index contributed by atoms with van der Waals surface area (Å²) in [6.45, 7) is 2.90. The van der Waals surface area contributed by atoms with Gasteiger partial charge >= 0.3 is 0 Å². The largest absolute Gasteiger partial charge is 0.348 e. The van der Waals surface area contributed by atoms with Crippen LogP contribution in [0.25, 0.3) is 0 Å². The summed E-state index contributed by atoms with van der Waals surface area (Å²) < 4.78 is 13.8. The molecule has 1 heterocycles. The van der Waals surface area contributed by atoms with Crippen LogP contribution < -0.4 is 5.32 Å². The van der Waals surface area contributed by atoms with Gasteiger partial charge in [-0.15, -0.1) is 0 Å². The van der Waals surface area contributed by atoms with Gasteiger partial charge in [0.2, 0.25) is 0 Å². The highest BCUT2D eigenvalue weighted by Crippen LogP contribution is 2.23. The van der Waals surface area contributed by atoms with Crippen molar-refractivity contribution in [1.29, 1.82) is 0 Å². The van der Waals surface area contributed by atoms with Crippen molar-refractivity contribution in [2.75, 3.05) is 6.54 Å². The molecule has 0 amide bonds. The Balaban J connectivity index is 1.89. The van der Waals surface area contributed by atoms with Crippen LogP contribution in [-0.2, 0) is 6.42 Å². The zero-order chi connectivity index (χ0) is 13.0. The van der Waals surface area contributed by atoms with E-state index in [9.17, 15) is 4.39 Å². The minimum atomic E-state index is -0.227. The molecule has 18 heavy (non-hydrogen) atoms. The van der Waals surface area contributed by atoms with Gasteiger partial charge in [-0.05, 0) is 24.6 Å². The SMILES string of the molecule is CC(NCCc1cnc[nH]1)c1ccc(F)cc1Br. The lowest BCUT2D eigenvalue weighted by atomic mass is 10.1. The molecule has 2 aromatic rings. The second kappa shape index (κ2) is 6.11. The second-order valence-electron chi connectivity index (χ2n) is 4.17. The molecule has 0 saturated carbocycles. The average molecular weight is 312 g/mol. The fourth-order valence-electron chi connectivity index (χ4n) is 1.81. The Morgan fingerprint density at radius 3 is 3.00 bits per heavy atom. The van der Waals surface area contributed by atoms with Crippen molar-refractivity contribution in [2.45, 2.75) is 19.4 Å². The van der Waals surface area contributed by atoms with Crippen molar-refractivity contribution >= 4 is 15.9 Å². The van der Waals surface area contributed by atoms with E-state index in [-0.39, 0.29) is 11.9 Å². The Morgan fingerprint density at radius 1 is 1.50 bits per heavy atom. The minimum Gasteiger partial charge on any atom is -0.348 e. The van der Waals surface area contributed by atoms with Gasteiger partial charge in [-0.3, -0.25) is 0 Å². The summed E-state index contributed by atoms with van der Waals surface area (Å²) in [5.41, 5.74) is 2.16. The lowest BCUT2D eigenvalue weighted by Gasteiger charge is -2.15. The van der Waals surface area contributed by atoms with E-state index in [4.69, 9.17) is 0 Å². The molecule has 0 aliphatic rings. The maximum absolute atomic E-state index is 13.0. The number of rotatable bonds is 5. The first-order chi connectivity index (χ1) is 8.66. The van der Waals surface area contributed by atoms with Crippen molar-refractivity contribution in [2.24, 2.45) is 0 Å². The van der Waals surface area contributed by atoms with Gasteiger partial charge in [0, 0.05) is 35.4 Å². The number of nitrogens with one attached hydrogen (secondary N) is 2. The molecular weight excluding hydrogens is 297 g/mol. The fourth-order valence-corrected chi connectivity index (χ4v) is 2.50. The number of hydrogen-bond donors (Lipinski definition) is 2. The average Bonchev–Trinajstić information content (AvgIpc) is 2.81. The molecule has 1 unspecified atom stereocenters. The zero-order valence-electron chi connectivity index (χ0n) is 10.1. The lowest BCUT2D eigenvalue weighted by Crippen LogP contribution is -2.21. The van der Waals surface area contributed by atoms with Gasteiger partial charge < -0.3 is 10.3 Å². The fraction of sp³-hybridized carbons (Fsp3) is 0.308. The van der Waals surface area contributed by atoms with Gasteiger partial charge in [0.05, 0.1) is 6.33 Å². The highest BCUT2D eigenvalue weighted by molar-refractivity contribution is 9.10. The number of halogens is 2. The number of hydrogen-bond acceptors (Lipinski definition) is 2. The maximum atomic E-state index is 13.0. The molecule has 0 radical (unpaired) electrons. The summed E-state index contributed by atoms with van der Waals surface area (Å²) in [5.74, 6) is -0.227. The summed E-state index contributed by atoms with van der Waals surface area (Å²) in [5, 5.41) is 3.40. The summed E-state index contributed by atoms with van der Waals surface area (Å²) in [6.07, 6.45) is 4.39. The highest BCUT2D eigenvalue weighted by atomic mass is 79.9. The molecule has 0 spiro atoms. The molecule has 0 aliphatic heterocycles. The van der Waals surface area contributed by atoms with E-state index >= 15 is 0 Å². The molecule has 0 bridgehead atoms. The molecule has 96 valence electrons. The molecule has 5 heteroatoms. The predicted molar refractivity (Wildman–Crippen MR) is 72.8 cm³/mol. The third-order valence-corrected chi connectivity index (χ3v) is 3.52. The molecule has 3 nitrogen and oxygen atoms in total. The number of benzene rings is 1. The minimum absolute atomic E-state index is 0.169. The van der Waals surface area contributed by atoms with Crippen LogP contribution in [0.4, 0.5) is 4.39 Å². The summed E-state index contributed by atoms with van der Waals surface area (Å²) in [4.78, 5) is 7.03. The van der Waals surface area contributed by atoms with Crippen molar-refractivity contribution in [3.05, 3.63) is 52.3 Å². The second-order valence-corrected chi connectivity index (χ2v) is 5.02. The van der Waals surface area contributed by atoms with E-state index in [1.54, 1.807) is 12.4 Å². The molecule has 1 atom stereocenters. The first kappa shape index (κ1) is 13.2. The topological polar surface area (TPSA) is 40.7 Å². The molecule has 2 rings (SSSR count). The number of nitrogens with zero attached hydrogens (tertiary/aromatic N) is 1. The normalized spacial score (nSPS) is 12.6. The predicted octanol–water partition coefficient (Wildman–Crippen LogP) is 3.20. The van der Waals surface area contributed by atoms with E-state index in [0.717, 1.165) is 28.7 Å². The Morgan fingerprint density at radius 2 is 2.33 bits per heavy atom. The smallest absolute Gasteiger partial charge is 0.124 e.